The van der Waals surface area contributed by atoms with Crippen molar-refractivity contribution in [2.45, 2.75) is 51.5 Å². The van der Waals surface area contributed by atoms with Crippen molar-refractivity contribution in [2.24, 2.45) is 0 Å². The van der Waals surface area contributed by atoms with E-state index in [1.165, 1.54) is 10.4 Å². The van der Waals surface area contributed by atoms with Crippen molar-refractivity contribution in [1.29, 1.82) is 0 Å². The van der Waals surface area contributed by atoms with Gasteiger partial charge in [0.05, 0.1) is 11.0 Å². The summed E-state index contributed by atoms with van der Waals surface area (Å²) in [7, 11) is -3.58. The van der Waals surface area contributed by atoms with Gasteiger partial charge in [-0.1, -0.05) is 19.9 Å². The first-order valence-electron chi connectivity index (χ1n) is 9.36. The molecule has 1 fully saturated rings. The van der Waals surface area contributed by atoms with E-state index >= 15 is 0 Å². The number of likely N-dealkylation sites (tertiary alicyclic amines) is 1. The molecule has 7 heteroatoms. The lowest BCUT2D eigenvalue weighted by atomic mass is 10.0. The smallest absolute Gasteiger partial charge is 0.254 e. The number of nitrogens with zero attached hydrogens (tertiary/aromatic N) is 2. The second kappa shape index (κ2) is 8.97. The van der Waals surface area contributed by atoms with Gasteiger partial charge in [-0.25, -0.2) is 8.42 Å². The Bertz CT molecular complexity index is 721. The maximum absolute atomic E-state index is 12.9. The van der Waals surface area contributed by atoms with Crippen molar-refractivity contribution in [3.63, 3.8) is 0 Å². The number of ether oxygens (including phenoxy) is 1. The summed E-state index contributed by atoms with van der Waals surface area (Å²) in [5, 5.41) is 0. The van der Waals surface area contributed by atoms with Crippen LogP contribution in [0.2, 0.25) is 0 Å². The third-order valence-corrected chi connectivity index (χ3v) is 6.96. The summed E-state index contributed by atoms with van der Waals surface area (Å²) in [6.07, 6.45) is 1.84. The number of benzene rings is 1. The van der Waals surface area contributed by atoms with E-state index in [1.54, 1.807) is 17.0 Å². The number of aryl methyl sites for hydroxylation is 1. The highest BCUT2D eigenvalue weighted by molar-refractivity contribution is 7.89. The molecule has 0 unspecified atom stereocenters. The molecule has 6 nitrogen and oxygen atoms in total. The van der Waals surface area contributed by atoms with Crippen molar-refractivity contribution < 1.29 is 17.9 Å². The van der Waals surface area contributed by atoms with Crippen LogP contribution < -0.4 is 0 Å². The monoisotopic (exact) mass is 382 g/mol. The van der Waals surface area contributed by atoms with Gasteiger partial charge in [0.25, 0.3) is 5.91 Å². The SMILES string of the molecule is CCOC1CCN(C(=O)c2cc(S(=O)(=O)N(CC)CC)ccc2C)CC1. The van der Waals surface area contributed by atoms with E-state index in [0.29, 0.717) is 38.3 Å². The Morgan fingerprint density at radius 2 is 1.81 bits per heavy atom. The second-order valence-corrected chi connectivity index (χ2v) is 8.45. The maximum Gasteiger partial charge on any atom is 0.254 e. The van der Waals surface area contributed by atoms with E-state index in [0.717, 1.165) is 18.4 Å². The number of carbonyl (C=O) groups is 1. The molecule has 1 aromatic carbocycles. The number of rotatable bonds is 7. The second-order valence-electron chi connectivity index (χ2n) is 6.51. The quantitative estimate of drug-likeness (QED) is 0.727. The van der Waals surface area contributed by atoms with E-state index in [-0.39, 0.29) is 16.9 Å². The van der Waals surface area contributed by atoms with E-state index in [2.05, 4.69) is 0 Å². The number of carbonyl (C=O) groups excluding carboxylic acids is 1. The van der Waals surface area contributed by atoms with E-state index < -0.39 is 10.0 Å². The van der Waals surface area contributed by atoms with Crippen LogP contribution in [0.25, 0.3) is 0 Å². The van der Waals surface area contributed by atoms with E-state index in [9.17, 15) is 13.2 Å². The molecule has 1 aromatic rings. The molecular formula is C19H30N2O4S. The van der Waals surface area contributed by atoms with Crippen molar-refractivity contribution in [3.05, 3.63) is 29.3 Å². The van der Waals surface area contributed by atoms with E-state index in [4.69, 9.17) is 4.74 Å². The van der Waals surface area contributed by atoms with Gasteiger partial charge >= 0.3 is 0 Å². The molecule has 146 valence electrons. The standard InChI is InChI=1S/C19H30N2O4S/c1-5-21(6-2)26(23,24)17-9-8-15(4)18(14-17)19(22)20-12-10-16(11-13-20)25-7-3/h8-9,14,16H,5-7,10-13H2,1-4H3. The molecule has 0 aliphatic carbocycles. The fraction of sp³-hybridized carbons (Fsp3) is 0.632. The molecule has 0 radical (unpaired) electrons. The first-order chi connectivity index (χ1) is 12.3. The fourth-order valence-electron chi connectivity index (χ4n) is 3.34. The number of hydrogen-bond acceptors (Lipinski definition) is 4. The number of amides is 1. The minimum absolute atomic E-state index is 0.103. The molecule has 0 saturated carbocycles. The highest BCUT2D eigenvalue weighted by Gasteiger charge is 2.27. The van der Waals surface area contributed by atoms with Gasteiger partial charge in [0, 0.05) is 38.3 Å². The van der Waals surface area contributed by atoms with Crippen LogP contribution in [0, 0.1) is 6.92 Å². The Morgan fingerprint density at radius 1 is 1.19 bits per heavy atom. The van der Waals surface area contributed by atoms with Crippen molar-refractivity contribution >= 4 is 15.9 Å². The minimum Gasteiger partial charge on any atom is -0.378 e. The highest BCUT2D eigenvalue weighted by Crippen LogP contribution is 2.22. The van der Waals surface area contributed by atoms with Gasteiger partial charge in [0.1, 0.15) is 0 Å². The molecule has 1 amide bonds. The van der Waals surface area contributed by atoms with Crippen LogP contribution >= 0.6 is 0 Å². The van der Waals surface area contributed by atoms with Crippen LogP contribution in [0.5, 0.6) is 0 Å². The third-order valence-electron chi connectivity index (χ3n) is 4.91. The summed E-state index contributed by atoms with van der Waals surface area (Å²) < 4.78 is 32.5. The fourth-order valence-corrected chi connectivity index (χ4v) is 4.82. The van der Waals surface area contributed by atoms with Crippen LogP contribution in [0.4, 0.5) is 0 Å². The Morgan fingerprint density at radius 3 is 2.35 bits per heavy atom. The van der Waals surface area contributed by atoms with Gasteiger partial charge in [-0.15, -0.1) is 0 Å². The highest BCUT2D eigenvalue weighted by atomic mass is 32.2. The van der Waals surface area contributed by atoms with E-state index in [1.807, 2.05) is 27.7 Å². The van der Waals surface area contributed by atoms with Crippen LogP contribution in [0.15, 0.2) is 23.1 Å². The zero-order valence-electron chi connectivity index (χ0n) is 16.2. The summed E-state index contributed by atoms with van der Waals surface area (Å²) in [6, 6.07) is 4.83. The largest absolute Gasteiger partial charge is 0.378 e. The minimum atomic E-state index is -3.58. The zero-order valence-corrected chi connectivity index (χ0v) is 17.0. The third kappa shape index (κ3) is 4.45. The predicted octanol–water partition coefficient (Wildman–Crippen LogP) is 2.67. The molecule has 1 heterocycles. The average Bonchev–Trinajstić information content (AvgIpc) is 2.63. The van der Waals surface area contributed by atoms with Crippen LogP contribution in [0.3, 0.4) is 0 Å². The topological polar surface area (TPSA) is 66.9 Å². The van der Waals surface area contributed by atoms with Gasteiger partial charge in [0.15, 0.2) is 0 Å². The molecule has 1 aliphatic rings. The summed E-state index contributed by atoms with van der Waals surface area (Å²) in [5.41, 5.74) is 1.26. The normalized spacial score (nSPS) is 16.3. The Kier molecular flexibility index (Phi) is 7.20. The molecule has 0 spiro atoms. The molecule has 26 heavy (non-hydrogen) atoms. The molecular weight excluding hydrogens is 352 g/mol. The number of hydrogen-bond donors (Lipinski definition) is 0. The molecule has 0 N–H and O–H groups in total. The van der Waals surface area contributed by atoms with Crippen molar-refractivity contribution in [1.82, 2.24) is 9.21 Å². The number of sulfonamides is 1. The molecule has 1 saturated heterocycles. The lowest BCUT2D eigenvalue weighted by Gasteiger charge is -2.32. The summed E-state index contributed by atoms with van der Waals surface area (Å²) in [4.78, 5) is 14.9. The van der Waals surface area contributed by atoms with Gasteiger partial charge in [-0.05, 0) is 44.4 Å². The zero-order chi connectivity index (χ0) is 19.3. The Hall–Kier alpha value is -1.44. The van der Waals surface area contributed by atoms with Gasteiger partial charge in [-0.2, -0.15) is 4.31 Å². The molecule has 0 aromatic heterocycles. The maximum atomic E-state index is 12.9. The van der Waals surface area contributed by atoms with Gasteiger partial charge < -0.3 is 9.64 Å². The summed E-state index contributed by atoms with van der Waals surface area (Å²) >= 11 is 0. The molecule has 2 rings (SSSR count). The van der Waals surface area contributed by atoms with Crippen LogP contribution in [-0.4, -0.2) is 62.4 Å². The van der Waals surface area contributed by atoms with Gasteiger partial charge in [-0.3, -0.25) is 4.79 Å². The molecule has 1 aliphatic heterocycles. The Balaban J connectivity index is 2.24. The first kappa shape index (κ1) is 20.9. The van der Waals surface area contributed by atoms with Gasteiger partial charge in [0.2, 0.25) is 10.0 Å². The molecule has 0 atom stereocenters. The van der Waals surface area contributed by atoms with Crippen molar-refractivity contribution in [3.8, 4) is 0 Å². The van der Waals surface area contributed by atoms with Crippen LogP contribution in [-0.2, 0) is 14.8 Å². The lowest BCUT2D eigenvalue weighted by Crippen LogP contribution is -2.41. The Labute approximate surface area is 157 Å². The number of piperidine rings is 1. The van der Waals surface area contributed by atoms with Crippen LogP contribution in [0.1, 0.15) is 49.5 Å². The summed E-state index contributed by atoms with van der Waals surface area (Å²) in [5.74, 6) is -0.103. The summed E-state index contributed by atoms with van der Waals surface area (Å²) in [6.45, 7) is 10.2. The first-order valence-corrected chi connectivity index (χ1v) is 10.8. The molecule has 0 bridgehead atoms. The predicted molar refractivity (Wildman–Crippen MR) is 102 cm³/mol. The average molecular weight is 383 g/mol. The lowest BCUT2D eigenvalue weighted by molar-refractivity contribution is 0.0146. The van der Waals surface area contributed by atoms with Crippen molar-refractivity contribution in [2.75, 3.05) is 32.8 Å².